The van der Waals surface area contributed by atoms with E-state index in [-0.39, 0.29) is 6.79 Å². The summed E-state index contributed by atoms with van der Waals surface area (Å²) in [6.07, 6.45) is 3.35. The van der Waals surface area contributed by atoms with Gasteiger partial charge in [0.05, 0.1) is 16.9 Å². The molecular formula is C13H10BrClN2O2. The molecule has 0 bridgehead atoms. The minimum Gasteiger partial charge on any atom is -0.454 e. The van der Waals surface area contributed by atoms with Gasteiger partial charge in [-0.1, -0.05) is 27.5 Å². The summed E-state index contributed by atoms with van der Waals surface area (Å²) in [6, 6.07) is 5.60. The minimum atomic E-state index is 0.271. The van der Waals surface area contributed by atoms with Crippen LogP contribution in [-0.4, -0.2) is 11.8 Å². The standard InChI is InChI=1S/C13H10BrClN2O2/c14-9-4-13-12(18-7-19-13)3-8(9)5-17-11-6-16-2-1-10(11)15/h1-4,6,17H,5,7H2. The van der Waals surface area contributed by atoms with Crippen molar-refractivity contribution in [3.8, 4) is 11.5 Å². The second kappa shape index (κ2) is 5.27. The Kier molecular flexibility index (Phi) is 3.48. The summed E-state index contributed by atoms with van der Waals surface area (Å²) < 4.78 is 11.6. The zero-order chi connectivity index (χ0) is 13.2. The summed E-state index contributed by atoms with van der Waals surface area (Å²) in [4.78, 5) is 4.03. The second-order valence-electron chi connectivity index (χ2n) is 4.01. The van der Waals surface area contributed by atoms with Crippen molar-refractivity contribution in [1.29, 1.82) is 0 Å². The van der Waals surface area contributed by atoms with Crippen LogP contribution in [0.1, 0.15) is 5.56 Å². The highest BCUT2D eigenvalue weighted by molar-refractivity contribution is 9.10. The van der Waals surface area contributed by atoms with Crippen LogP contribution in [0.5, 0.6) is 11.5 Å². The topological polar surface area (TPSA) is 43.4 Å². The average Bonchev–Trinajstić information content (AvgIpc) is 2.84. The third-order valence-electron chi connectivity index (χ3n) is 2.78. The first-order chi connectivity index (χ1) is 9.24. The molecule has 2 aromatic rings. The fourth-order valence-electron chi connectivity index (χ4n) is 1.79. The molecule has 3 rings (SSSR count). The van der Waals surface area contributed by atoms with Crippen molar-refractivity contribution < 1.29 is 9.47 Å². The lowest BCUT2D eigenvalue weighted by atomic mass is 10.2. The smallest absolute Gasteiger partial charge is 0.231 e. The summed E-state index contributed by atoms with van der Waals surface area (Å²) >= 11 is 9.58. The van der Waals surface area contributed by atoms with Crippen molar-refractivity contribution in [2.24, 2.45) is 0 Å². The molecular weight excluding hydrogens is 332 g/mol. The molecule has 0 atom stereocenters. The van der Waals surface area contributed by atoms with Gasteiger partial charge in [-0.3, -0.25) is 4.98 Å². The summed E-state index contributed by atoms with van der Waals surface area (Å²) in [7, 11) is 0. The van der Waals surface area contributed by atoms with Crippen molar-refractivity contribution in [3.63, 3.8) is 0 Å². The van der Waals surface area contributed by atoms with Crippen LogP contribution in [0.4, 0.5) is 5.69 Å². The predicted molar refractivity (Wildman–Crippen MR) is 76.8 cm³/mol. The van der Waals surface area contributed by atoms with Gasteiger partial charge in [0.15, 0.2) is 11.5 Å². The largest absolute Gasteiger partial charge is 0.454 e. The third-order valence-corrected chi connectivity index (χ3v) is 3.85. The molecule has 0 amide bonds. The highest BCUT2D eigenvalue weighted by Crippen LogP contribution is 2.37. The molecule has 1 N–H and O–H groups in total. The maximum absolute atomic E-state index is 6.07. The molecule has 0 spiro atoms. The quantitative estimate of drug-likeness (QED) is 0.921. The lowest BCUT2D eigenvalue weighted by Gasteiger charge is -2.10. The Labute approximate surface area is 123 Å². The van der Waals surface area contributed by atoms with Crippen LogP contribution >= 0.6 is 27.5 Å². The van der Waals surface area contributed by atoms with Crippen LogP contribution in [-0.2, 0) is 6.54 Å². The predicted octanol–water partition coefficient (Wildman–Crippen LogP) is 3.84. The fraction of sp³-hybridized carbons (Fsp3) is 0.154. The van der Waals surface area contributed by atoms with E-state index in [9.17, 15) is 0 Å². The van der Waals surface area contributed by atoms with E-state index in [0.717, 1.165) is 27.2 Å². The van der Waals surface area contributed by atoms with Crippen LogP contribution in [0.3, 0.4) is 0 Å². The van der Waals surface area contributed by atoms with E-state index in [2.05, 4.69) is 26.2 Å². The highest BCUT2D eigenvalue weighted by atomic mass is 79.9. The van der Waals surface area contributed by atoms with Crippen LogP contribution in [0, 0.1) is 0 Å². The molecule has 19 heavy (non-hydrogen) atoms. The van der Waals surface area contributed by atoms with Crippen LogP contribution in [0.2, 0.25) is 5.02 Å². The van der Waals surface area contributed by atoms with Gasteiger partial charge in [-0.05, 0) is 23.8 Å². The summed E-state index contributed by atoms with van der Waals surface area (Å²) in [5.74, 6) is 1.52. The third kappa shape index (κ3) is 2.62. The molecule has 0 radical (unpaired) electrons. The average molecular weight is 342 g/mol. The molecule has 4 nitrogen and oxygen atoms in total. The molecule has 1 aliphatic rings. The van der Waals surface area contributed by atoms with Crippen LogP contribution in [0.25, 0.3) is 0 Å². The highest BCUT2D eigenvalue weighted by Gasteiger charge is 2.16. The lowest BCUT2D eigenvalue weighted by Crippen LogP contribution is -2.01. The molecule has 1 aromatic carbocycles. The molecule has 0 fully saturated rings. The van der Waals surface area contributed by atoms with E-state index in [1.807, 2.05) is 12.1 Å². The summed E-state index contributed by atoms with van der Waals surface area (Å²) in [6.45, 7) is 0.885. The van der Waals surface area contributed by atoms with Crippen molar-refractivity contribution in [2.75, 3.05) is 12.1 Å². The van der Waals surface area contributed by atoms with Crippen molar-refractivity contribution >= 4 is 33.2 Å². The van der Waals surface area contributed by atoms with E-state index in [4.69, 9.17) is 21.1 Å². The Balaban J connectivity index is 1.79. The van der Waals surface area contributed by atoms with Crippen molar-refractivity contribution in [1.82, 2.24) is 4.98 Å². The van der Waals surface area contributed by atoms with Gasteiger partial charge in [0.25, 0.3) is 0 Å². The number of hydrogen-bond donors (Lipinski definition) is 1. The number of benzene rings is 1. The molecule has 1 aliphatic heterocycles. The minimum absolute atomic E-state index is 0.271. The number of halogens is 2. The lowest BCUT2D eigenvalue weighted by molar-refractivity contribution is 0.174. The second-order valence-corrected chi connectivity index (χ2v) is 5.27. The number of aromatic nitrogens is 1. The molecule has 2 heterocycles. The first-order valence-corrected chi connectivity index (χ1v) is 6.82. The Hall–Kier alpha value is -1.46. The van der Waals surface area contributed by atoms with Gasteiger partial charge in [0, 0.05) is 17.2 Å². The van der Waals surface area contributed by atoms with Gasteiger partial charge in [0.2, 0.25) is 6.79 Å². The van der Waals surface area contributed by atoms with Gasteiger partial charge in [-0.25, -0.2) is 0 Å². The van der Waals surface area contributed by atoms with Crippen LogP contribution < -0.4 is 14.8 Å². The maximum Gasteiger partial charge on any atom is 0.231 e. The van der Waals surface area contributed by atoms with Gasteiger partial charge in [0.1, 0.15) is 0 Å². The first kappa shape index (κ1) is 12.6. The van der Waals surface area contributed by atoms with E-state index >= 15 is 0 Å². The molecule has 1 aromatic heterocycles. The zero-order valence-electron chi connectivity index (χ0n) is 9.82. The number of anilines is 1. The summed E-state index contributed by atoms with van der Waals surface area (Å²) in [5, 5.41) is 3.89. The Morgan fingerprint density at radius 2 is 2.11 bits per heavy atom. The number of hydrogen-bond acceptors (Lipinski definition) is 4. The van der Waals surface area contributed by atoms with E-state index in [0.29, 0.717) is 11.6 Å². The van der Waals surface area contributed by atoms with E-state index < -0.39 is 0 Å². The zero-order valence-corrected chi connectivity index (χ0v) is 12.2. The van der Waals surface area contributed by atoms with Crippen molar-refractivity contribution in [2.45, 2.75) is 6.54 Å². The molecule has 0 unspecified atom stereocenters. The number of fused-ring (bicyclic) bond motifs is 1. The Morgan fingerprint density at radius 3 is 2.89 bits per heavy atom. The molecule has 6 heteroatoms. The number of nitrogens with one attached hydrogen (secondary N) is 1. The number of ether oxygens (including phenoxy) is 2. The molecule has 98 valence electrons. The molecule has 0 aliphatic carbocycles. The number of rotatable bonds is 3. The first-order valence-electron chi connectivity index (χ1n) is 5.65. The SMILES string of the molecule is Clc1ccncc1NCc1cc2c(cc1Br)OCO2. The van der Waals surface area contributed by atoms with Gasteiger partial charge in [-0.15, -0.1) is 0 Å². The van der Waals surface area contributed by atoms with E-state index in [1.54, 1.807) is 18.5 Å². The molecule has 0 saturated carbocycles. The number of pyridine rings is 1. The van der Waals surface area contributed by atoms with Gasteiger partial charge < -0.3 is 14.8 Å². The monoisotopic (exact) mass is 340 g/mol. The fourth-order valence-corrected chi connectivity index (χ4v) is 2.43. The summed E-state index contributed by atoms with van der Waals surface area (Å²) in [5.41, 5.74) is 1.86. The Morgan fingerprint density at radius 1 is 1.32 bits per heavy atom. The Bertz CT molecular complexity index is 622. The normalized spacial score (nSPS) is 12.5. The van der Waals surface area contributed by atoms with Gasteiger partial charge in [-0.2, -0.15) is 0 Å². The van der Waals surface area contributed by atoms with E-state index in [1.165, 1.54) is 0 Å². The van der Waals surface area contributed by atoms with Crippen molar-refractivity contribution in [3.05, 3.63) is 45.7 Å². The van der Waals surface area contributed by atoms with Gasteiger partial charge >= 0.3 is 0 Å². The molecule has 0 saturated heterocycles. The maximum atomic E-state index is 6.07. The van der Waals surface area contributed by atoms with Crippen LogP contribution in [0.15, 0.2) is 35.1 Å². The number of nitrogens with zero attached hydrogens (tertiary/aromatic N) is 1.